The van der Waals surface area contributed by atoms with Crippen LogP contribution in [0.5, 0.6) is 0 Å². The maximum absolute atomic E-state index is 11.9. The third-order valence-corrected chi connectivity index (χ3v) is 5.02. The molecule has 1 amide bonds. The molecule has 20 heavy (non-hydrogen) atoms. The zero-order valence-corrected chi connectivity index (χ0v) is 13.2. The molecule has 112 valence electrons. The summed E-state index contributed by atoms with van der Waals surface area (Å²) in [6, 6.07) is 0.365. The van der Waals surface area contributed by atoms with Crippen molar-refractivity contribution >= 4 is 17.2 Å². The summed E-state index contributed by atoms with van der Waals surface area (Å²) in [5.74, 6) is 0.932. The molecule has 1 saturated carbocycles. The highest BCUT2D eigenvalue weighted by molar-refractivity contribution is 7.07. The molecule has 1 aliphatic rings. The summed E-state index contributed by atoms with van der Waals surface area (Å²) < 4.78 is 1.75. The monoisotopic (exact) mass is 296 g/mol. The van der Waals surface area contributed by atoms with Gasteiger partial charge in [-0.05, 0) is 44.9 Å². The van der Waals surface area contributed by atoms with E-state index in [2.05, 4.69) is 12.2 Å². The van der Waals surface area contributed by atoms with Gasteiger partial charge in [-0.2, -0.15) is 0 Å². The van der Waals surface area contributed by atoms with E-state index in [0.717, 1.165) is 30.9 Å². The Morgan fingerprint density at radius 3 is 2.70 bits per heavy atom. The van der Waals surface area contributed by atoms with E-state index in [0.29, 0.717) is 19.0 Å². The van der Waals surface area contributed by atoms with E-state index < -0.39 is 0 Å². The average molecular weight is 296 g/mol. The molecule has 0 aromatic carbocycles. The first-order valence-corrected chi connectivity index (χ1v) is 8.38. The number of amides is 1. The minimum atomic E-state index is 0.0733. The summed E-state index contributed by atoms with van der Waals surface area (Å²) in [5.41, 5.74) is 0.988. The van der Waals surface area contributed by atoms with Crippen LogP contribution in [0.3, 0.4) is 0 Å². The molecule has 1 fully saturated rings. The van der Waals surface area contributed by atoms with Gasteiger partial charge in [0.2, 0.25) is 5.91 Å². The van der Waals surface area contributed by atoms with Gasteiger partial charge >= 0.3 is 4.87 Å². The standard InChI is InChI=1S/C15H24N2O2S/c1-11-5-7-13(8-6-11)16-14(18)4-3-9-17-12(2)10-20-15(17)19/h10-11,13H,3-9H2,1-2H3,(H,16,18). The number of hydrogen-bond donors (Lipinski definition) is 1. The number of aryl methyl sites for hydroxylation is 1. The number of carbonyl (C=O) groups excluding carboxylic acids is 1. The van der Waals surface area contributed by atoms with Crippen LogP contribution in [0, 0.1) is 12.8 Å². The van der Waals surface area contributed by atoms with Gasteiger partial charge in [0.25, 0.3) is 0 Å². The summed E-state index contributed by atoms with van der Waals surface area (Å²) in [5, 5.41) is 4.99. The van der Waals surface area contributed by atoms with Crippen LogP contribution in [0.25, 0.3) is 0 Å². The lowest BCUT2D eigenvalue weighted by atomic mass is 9.87. The molecule has 0 unspecified atom stereocenters. The topological polar surface area (TPSA) is 51.1 Å². The molecule has 5 heteroatoms. The Hall–Kier alpha value is -1.10. The van der Waals surface area contributed by atoms with Crippen molar-refractivity contribution < 1.29 is 4.79 Å². The number of rotatable bonds is 5. The van der Waals surface area contributed by atoms with Crippen LogP contribution in [-0.2, 0) is 11.3 Å². The number of hydrogen-bond acceptors (Lipinski definition) is 3. The molecule has 1 N–H and O–H groups in total. The first kappa shape index (κ1) is 15.3. The molecule has 0 bridgehead atoms. The van der Waals surface area contributed by atoms with Gasteiger partial charge in [0.05, 0.1) is 0 Å². The third kappa shape index (κ3) is 4.20. The molecule has 0 radical (unpaired) electrons. The van der Waals surface area contributed by atoms with E-state index in [1.807, 2.05) is 12.3 Å². The van der Waals surface area contributed by atoms with Crippen molar-refractivity contribution in [1.29, 1.82) is 0 Å². The zero-order valence-electron chi connectivity index (χ0n) is 12.4. The maximum atomic E-state index is 11.9. The van der Waals surface area contributed by atoms with E-state index in [1.165, 1.54) is 24.2 Å². The van der Waals surface area contributed by atoms with E-state index in [-0.39, 0.29) is 10.8 Å². The van der Waals surface area contributed by atoms with E-state index in [4.69, 9.17) is 0 Å². The van der Waals surface area contributed by atoms with Crippen LogP contribution in [0.15, 0.2) is 10.2 Å². The van der Waals surface area contributed by atoms with Gasteiger partial charge < -0.3 is 9.88 Å². The number of nitrogens with zero attached hydrogens (tertiary/aromatic N) is 1. The summed E-state index contributed by atoms with van der Waals surface area (Å²) in [7, 11) is 0. The van der Waals surface area contributed by atoms with E-state index in [9.17, 15) is 9.59 Å². The summed E-state index contributed by atoms with van der Waals surface area (Å²) in [6.07, 6.45) is 5.88. The highest BCUT2D eigenvalue weighted by atomic mass is 32.1. The van der Waals surface area contributed by atoms with Crippen molar-refractivity contribution in [1.82, 2.24) is 9.88 Å². The number of nitrogens with one attached hydrogen (secondary N) is 1. The Labute approximate surface area is 124 Å². The van der Waals surface area contributed by atoms with Crippen molar-refractivity contribution in [2.75, 3.05) is 0 Å². The quantitative estimate of drug-likeness (QED) is 0.908. The number of aromatic nitrogens is 1. The lowest BCUT2D eigenvalue weighted by Crippen LogP contribution is -2.37. The summed E-state index contributed by atoms with van der Waals surface area (Å²) in [4.78, 5) is 23.5. The number of thiazole rings is 1. The molecule has 1 aromatic rings. The summed E-state index contributed by atoms with van der Waals surface area (Å²) in [6.45, 7) is 4.85. The molecule has 1 aliphatic carbocycles. The second-order valence-corrected chi connectivity index (χ2v) is 6.74. The van der Waals surface area contributed by atoms with Crippen LogP contribution in [0.2, 0.25) is 0 Å². The van der Waals surface area contributed by atoms with Gasteiger partial charge in [-0.15, -0.1) is 0 Å². The molecular formula is C15H24N2O2S. The normalized spacial score (nSPS) is 22.7. The molecule has 1 aromatic heterocycles. The van der Waals surface area contributed by atoms with Crippen molar-refractivity contribution in [2.24, 2.45) is 5.92 Å². The Kier molecular flexibility index (Phi) is 5.40. The molecule has 0 saturated heterocycles. The minimum absolute atomic E-state index is 0.0733. The second kappa shape index (κ2) is 7.07. The fraction of sp³-hybridized carbons (Fsp3) is 0.733. The van der Waals surface area contributed by atoms with Crippen LogP contribution in [0.1, 0.15) is 51.1 Å². The van der Waals surface area contributed by atoms with Crippen molar-refractivity contribution in [3.8, 4) is 0 Å². The van der Waals surface area contributed by atoms with E-state index >= 15 is 0 Å². The second-order valence-electron chi connectivity index (χ2n) is 5.92. The number of carbonyl (C=O) groups is 1. The Morgan fingerprint density at radius 1 is 1.40 bits per heavy atom. The van der Waals surface area contributed by atoms with Gasteiger partial charge in [-0.1, -0.05) is 18.3 Å². The van der Waals surface area contributed by atoms with Gasteiger partial charge in [-0.3, -0.25) is 9.59 Å². The van der Waals surface area contributed by atoms with Crippen molar-refractivity contribution in [2.45, 2.75) is 65.0 Å². The SMILES string of the molecule is Cc1csc(=O)n1CCCC(=O)NC1CCC(C)CC1. The van der Waals surface area contributed by atoms with Gasteiger partial charge in [0.1, 0.15) is 0 Å². The minimum Gasteiger partial charge on any atom is -0.353 e. The molecule has 0 aliphatic heterocycles. The summed E-state index contributed by atoms with van der Waals surface area (Å²) >= 11 is 1.23. The zero-order chi connectivity index (χ0) is 14.5. The maximum Gasteiger partial charge on any atom is 0.307 e. The fourth-order valence-corrected chi connectivity index (χ4v) is 3.54. The Balaban J connectivity index is 1.69. The molecule has 1 heterocycles. The lowest BCUT2D eigenvalue weighted by Gasteiger charge is -2.26. The predicted octanol–water partition coefficient (Wildman–Crippen LogP) is 2.69. The smallest absolute Gasteiger partial charge is 0.307 e. The molecule has 4 nitrogen and oxygen atoms in total. The first-order valence-electron chi connectivity index (χ1n) is 7.50. The van der Waals surface area contributed by atoms with Gasteiger partial charge in [-0.25, -0.2) is 0 Å². The molecular weight excluding hydrogens is 272 g/mol. The molecule has 0 atom stereocenters. The third-order valence-electron chi connectivity index (χ3n) is 4.14. The van der Waals surface area contributed by atoms with Crippen LogP contribution < -0.4 is 10.2 Å². The molecule has 0 spiro atoms. The Morgan fingerprint density at radius 2 is 2.10 bits per heavy atom. The van der Waals surface area contributed by atoms with E-state index in [1.54, 1.807) is 4.57 Å². The molecule has 2 rings (SSSR count). The van der Waals surface area contributed by atoms with Crippen molar-refractivity contribution in [3.63, 3.8) is 0 Å². The lowest BCUT2D eigenvalue weighted by molar-refractivity contribution is -0.122. The van der Waals surface area contributed by atoms with Crippen LogP contribution in [0.4, 0.5) is 0 Å². The van der Waals surface area contributed by atoms with Gasteiger partial charge in [0, 0.05) is 30.1 Å². The average Bonchev–Trinajstić information content (AvgIpc) is 2.73. The fourth-order valence-electron chi connectivity index (χ4n) is 2.78. The van der Waals surface area contributed by atoms with Crippen LogP contribution >= 0.6 is 11.3 Å². The highest BCUT2D eigenvalue weighted by Crippen LogP contribution is 2.23. The van der Waals surface area contributed by atoms with Gasteiger partial charge in [0.15, 0.2) is 0 Å². The Bertz CT molecular complexity index is 498. The van der Waals surface area contributed by atoms with Crippen molar-refractivity contribution in [3.05, 3.63) is 20.7 Å². The first-order chi connectivity index (χ1) is 9.56. The largest absolute Gasteiger partial charge is 0.353 e. The van der Waals surface area contributed by atoms with Crippen LogP contribution in [-0.4, -0.2) is 16.5 Å². The highest BCUT2D eigenvalue weighted by Gasteiger charge is 2.19. The predicted molar refractivity (Wildman–Crippen MR) is 82.1 cm³/mol.